The first-order valence-corrected chi connectivity index (χ1v) is 6.91. The van der Waals surface area contributed by atoms with Crippen LogP contribution in [-0.2, 0) is 14.3 Å². The van der Waals surface area contributed by atoms with Crippen LogP contribution in [0.15, 0.2) is 24.3 Å². The van der Waals surface area contributed by atoms with E-state index < -0.39 is 0 Å². The standard InChI is InChI=1S/C15H20N2O3/c1-20-15(19)8-7-14(18)16-12-5-4-6-13(11-12)17-9-2-3-10-17/h4-6,11H,2-3,7-10H2,1H3,(H,16,18). The Morgan fingerprint density at radius 1 is 1.25 bits per heavy atom. The Balaban J connectivity index is 1.90. The zero-order chi connectivity index (χ0) is 14.4. The van der Waals surface area contributed by atoms with Crippen LogP contribution in [-0.4, -0.2) is 32.1 Å². The van der Waals surface area contributed by atoms with E-state index in [1.165, 1.54) is 20.0 Å². The van der Waals surface area contributed by atoms with E-state index in [2.05, 4.69) is 21.0 Å². The van der Waals surface area contributed by atoms with Crippen molar-refractivity contribution >= 4 is 23.3 Å². The molecule has 1 aliphatic heterocycles. The van der Waals surface area contributed by atoms with Gasteiger partial charge in [-0.2, -0.15) is 0 Å². The third-order valence-electron chi connectivity index (χ3n) is 3.38. The second-order valence-electron chi connectivity index (χ2n) is 4.87. The largest absolute Gasteiger partial charge is 0.469 e. The number of hydrogen-bond acceptors (Lipinski definition) is 4. The molecule has 0 radical (unpaired) electrons. The molecule has 0 aromatic heterocycles. The van der Waals surface area contributed by atoms with Crippen LogP contribution in [0, 0.1) is 0 Å². The average Bonchev–Trinajstić information content (AvgIpc) is 2.99. The molecule has 1 aromatic rings. The normalized spacial score (nSPS) is 14.2. The van der Waals surface area contributed by atoms with Crippen LogP contribution in [0.1, 0.15) is 25.7 Å². The van der Waals surface area contributed by atoms with Crippen molar-refractivity contribution in [3.8, 4) is 0 Å². The van der Waals surface area contributed by atoms with Gasteiger partial charge in [0.1, 0.15) is 0 Å². The fourth-order valence-electron chi connectivity index (χ4n) is 2.30. The molecule has 20 heavy (non-hydrogen) atoms. The van der Waals surface area contributed by atoms with Crippen LogP contribution in [0.3, 0.4) is 0 Å². The maximum absolute atomic E-state index is 11.7. The van der Waals surface area contributed by atoms with E-state index in [0.717, 1.165) is 24.5 Å². The van der Waals surface area contributed by atoms with Crippen molar-refractivity contribution in [2.75, 3.05) is 30.4 Å². The average molecular weight is 276 g/mol. The Bertz CT molecular complexity index is 482. The second-order valence-corrected chi connectivity index (χ2v) is 4.87. The monoisotopic (exact) mass is 276 g/mol. The van der Waals surface area contributed by atoms with Crippen molar-refractivity contribution in [1.82, 2.24) is 0 Å². The lowest BCUT2D eigenvalue weighted by Crippen LogP contribution is -2.18. The van der Waals surface area contributed by atoms with Gasteiger partial charge in [-0.05, 0) is 31.0 Å². The van der Waals surface area contributed by atoms with Gasteiger partial charge in [-0.15, -0.1) is 0 Å². The van der Waals surface area contributed by atoms with Crippen molar-refractivity contribution < 1.29 is 14.3 Å². The summed E-state index contributed by atoms with van der Waals surface area (Å²) >= 11 is 0. The highest BCUT2D eigenvalue weighted by atomic mass is 16.5. The molecule has 0 saturated carbocycles. The summed E-state index contributed by atoms with van der Waals surface area (Å²) in [6.07, 6.45) is 2.68. The van der Waals surface area contributed by atoms with E-state index in [1.54, 1.807) is 0 Å². The van der Waals surface area contributed by atoms with Gasteiger partial charge < -0.3 is 15.0 Å². The van der Waals surface area contributed by atoms with Crippen LogP contribution < -0.4 is 10.2 Å². The molecule has 5 heteroatoms. The minimum Gasteiger partial charge on any atom is -0.469 e. The van der Waals surface area contributed by atoms with E-state index in [4.69, 9.17) is 0 Å². The molecule has 1 saturated heterocycles. The summed E-state index contributed by atoms with van der Waals surface area (Å²) in [6, 6.07) is 7.82. The fraction of sp³-hybridized carbons (Fsp3) is 0.467. The number of nitrogens with one attached hydrogen (secondary N) is 1. The first-order chi connectivity index (χ1) is 9.69. The van der Waals surface area contributed by atoms with E-state index in [0.29, 0.717) is 0 Å². The maximum atomic E-state index is 11.7. The minimum absolute atomic E-state index is 0.105. The Morgan fingerprint density at radius 3 is 2.70 bits per heavy atom. The topological polar surface area (TPSA) is 58.6 Å². The first-order valence-electron chi connectivity index (χ1n) is 6.91. The van der Waals surface area contributed by atoms with Gasteiger partial charge in [0.25, 0.3) is 0 Å². The summed E-state index contributed by atoms with van der Waals surface area (Å²) in [7, 11) is 1.32. The maximum Gasteiger partial charge on any atom is 0.306 e. The number of rotatable bonds is 5. The lowest BCUT2D eigenvalue weighted by molar-refractivity contribution is -0.141. The molecule has 5 nitrogen and oxygen atoms in total. The number of amides is 1. The Kier molecular flexibility index (Phi) is 4.98. The molecule has 1 aliphatic rings. The number of esters is 1. The number of nitrogens with zero attached hydrogens (tertiary/aromatic N) is 1. The summed E-state index contributed by atoms with van der Waals surface area (Å²) in [5.74, 6) is -0.542. The molecule has 0 unspecified atom stereocenters. The summed E-state index contributed by atoms with van der Waals surface area (Å²) in [6.45, 7) is 2.14. The second kappa shape index (κ2) is 6.93. The molecule has 108 valence electrons. The third-order valence-corrected chi connectivity index (χ3v) is 3.38. The van der Waals surface area contributed by atoms with Crippen molar-refractivity contribution in [2.24, 2.45) is 0 Å². The lowest BCUT2D eigenvalue weighted by Gasteiger charge is -2.18. The molecule has 1 heterocycles. The number of anilines is 2. The summed E-state index contributed by atoms with van der Waals surface area (Å²) in [5.41, 5.74) is 1.90. The van der Waals surface area contributed by atoms with Crippen LogP contribution in [0.4, 0.5) is 11.4 Å². The molecule has 1 amide bonds. The molecule has 0 spiro atoms. The van der Waals surface area contributed by atoms with Crippen molar-refractivity contribution in [2.45, 2.75) is 25.7 Å². The Hall–Kier alpha value is -2.04. The van der Waals surface area contributed by atoms with Gasteiger partial charge in [-0.25, -0.2) is 0 Å². The van der Waals surface area contributed by atoms with E-state index in [-0.39, 0.29) is 24.7 Å². The summed E-state index contributed by atoms with van der Waals surface area (Å²) in [4.78, 5) is 25.0. The van der Waals surface area contributed by atoms with Gasteiger partial charge in [0.2, 0.25) is 5.91 Å². The lowest BCUT2D eigenvalue weighted by atomic mass is 10.2. The molecule has 1 N–H and O–H groups in total. The first kappa shape index (κ1) is 14.4. The number of methoxy groups -OCH3 is 1. The Morgan fingerprint density at radius 2 is 2.00 bits per heavy atom. The molecule has 0 aliphatic carbocycles. The number of carbonyl (C=O) groups excluding carboxylic acids is 2. The number of benzene rings is 1. The summed E-state index contributed by atoms with van der Waals surface area (Å²) < 4.78 is 4.51. The molecular weight excluding hydrogens is 256 g/mol. The van der Waals surface area contributed by atoms with Crippen molar-refractivity contribution in [3.05, 3.63) is 24.3 Å². The third kappa shape index (κ3) is 3.98. The molecule has 0 atom stereocenters. The zero-order valence-corrected chi connectivity index (χ0v) is 11.7. The molecule has 1 aromatic carbocycles. The molecule has 1 fully saturated rings. The zero-order valence-electron chi connectivity index (χ0n) is 11.7. The van der Waals surface area contributed by atoms with Gasteiger partial charge in [0.15, 0.2) is 0 Å². The highest BCUT2D eigenvalue weighted by Crippen LogP contribution is 2.23. The van der Waals surface area contributed by atoms with Gasteiger partial charge in [-0.3, -0.25) is 9.59 Å². The predicted molar refractivity (Wildman–Crippen MR) is 77.8 cm³/mol. The van der Waals surface area contributed by atoms with Gasteiger partial charge in [-0.1, -0.05) is 6.07 Å². The highest BCUT2D eigenvalue weighted by Gasteiger charge is 2.13. The smallest absolute Gasteiger partial charge is 0.306 e. The van der Waals surface area contributed by atoms with E-state index in [9.17, 15) is 9.59 Å². The van der Waals surface area contributed by atoms with E-state index in [1.807, 2.05) is 18.2 Å². The number of carbonyl (C=O) groups is 2. The minimum atomic E-state index is -0.369. The summed E-state index contributed by atoms with van der Waals surface area (Å²) in [5, 5.41) is 2.81. The highest BCUT2D eigenvalue weighted by molar-refractivity contribution is 5.93. The molecule has 2 rings (SSSR count). The number of hydrogen-bond donors (Lipinski definition) is 1. The fourth-order valence-corrected chi connectivity index (χ4v) is 2.30. The molecular formula is C15H20N2O3. The van der Waals surface area contributed by atoms with E-state index >= 15 is 0 Å². The predicted octanol–water partition coefficient (Wildman–Crippen LogP) is 2.18. The Labute approximate surface area is 118 Å². The number of ether oxygens (including phenoxy) is 1. The molecule has 0 bridgehead atoms. The van der Waals surface area contributed by atoms with Crippen LogP contribution in [0.25, 0.3) is 0 Å². The van der Waals surface area contributed by atoms with Gasteiger partial charge in [0, 0.05) is 30.9 Å². The van der Waals surface area contributed by atoms with Crippen LogP contribution >= 0.6 is 0 Å². The van der Waals surface area contributed by atoms with Crippen LogP contribution in [0.2, 0.25) is 0 Å². The van der Waals surface area contributed by atoms with Crippen molar-refractivity contribution in [1.29, 1.82) is 0 Å². The van der Waals surface area contributed by atoms with Crippen molar-refractivity contribution in [3.63, 3.8) is 0 Å². The van der Waals surface area contributed by atoms with Crippen LogP contribution in [0.5, 0.6) is 0 Å². The van der Waals surface area contributed by atoms with Gasteiger partial charge in [0.05, 0.1) is 13.5 Å². The quantitative estimate of drug-likeness (QED) is 0.837. The SMILES string of the molecule is COC(=O)CCC(=O)Nc1cccc(N2CCCC2)c1. The van der Waals surface area contributed by atoms with Gasteiger partial charge >= 0.3 is 5.97 Å².